The maximum absolute atomic E-state index is 13.2. The molecule has 0 bridgehead atoms. The van der Waals surface area contributed by atoms with Gasteiger partial charge in [0.15, 0.2) is 0 Å². The third kappa shape index (κ3) is 4.42. The lowest BCUT2D eigenvalue weighted by molar-refractivity contribution is 0.0596. The van der Waals surface area contributed by atoms with Crippen LogP contribution in [-0.2, 0) is 9.47 Å². The van der Waals surface area contributed by atoms with Crippen LogP contribution in [0.15, 0.2) is 18.2 Å². The minimum absolute atomic E-state index is 0.0751. The van der Waals surface area contributed by atoms with Gasteiger partial charge in [-0.05, 0) is 31.2 Å². The highest BCUT2D eigenvalue weighted by Gasteiger charge is 2.10. The van der Waals surface area contributed by atoms with Gasteiger partial charge in [-0.1, -0.05) is 12.1 Å². The second-order valence-electron chi connectivity index (χ2n) is 3.92. The first kappa shape index (κ1) is 14.1. The first-order valence-electron chi connectivity index (χ1n) is 5.69. The van der Waals surface area contributed by atoms with Crippen molar-refractivity contribution in [1.29, 1.82) is 0 Å². The fourth-order valence-corrected chi connectivity index (χ4v) is 1.57. The summed E-state index contributed by atoms with van der Waals surface area (Å²) in [6.45, 7) is 3.45. The van der Waals surface area contributed by atoms with E-state index in [0.29, 0.717) is 25.4 Å². The predicted octanol–water partition coefficient (Wildman–Crippen LogP) is 2.06. The van der Waals surface area contributed by atoms with Gasteiger partial charge >= 0.3 is 0 Å². The Morgan fingerprint density at radius 3 is 2.71 bits per heavy atom. The molecular weight excluding hydrogens is 221 g/mol. The number of halogens is 1. The highest BCUT2D eigenvalue weighted by Crippen LogP contribution is 2.16. The molecule has 0 aliphatic rings. The average Bonchev–Trinajstić information content (AvgIpc) is 2.33. The molecule has 4 heteroatoms. The van der Waals surface area contributed by atoms with Gasteiger partial charge in [-0.15, -0.1) is 0 Å². The number of aryl methyl sites for hydroxylation is 1. The van der Waals surface area contributed by atoms with Crippen molar-refractivity contribution in [1.82, 2.24) is 5.32 Å². The summed E-state index contributed by atoms with van der Waals surface area (Å²) < 4.78 is 23.5. The molecule has 0 aliphatic carbocycles. The van der Waals surface area contributed by atoms with Crippen molar-refractivity contribution < 1.29 is 13.9 Å². The molecule has 17 heavy (non-hydrogen) atoms. The van der Waals surface area contributed by atoms with Crippen molar-refractivity contribution in [2.24, 2.45) is 0 Å². The Bertz CT molecular complexity index is 344. The molecule has 0 fully saturated rings. The Morgan fingerprint density at radius 2 is 2.12 bits per heavy atom. The van der Waals surface area contributed by atoms with Gasteiger partial charge in [-0.3, -0.25) is 0 Å². The second kappa shape index (κ2) is 7.37. The van der Waals surface area contributed by atoms with Gasteiger partial charge in [0.25, 0.3) is 0 Å². The standard InChI is InChI=1S/C13H20FNO2/c1-10-8-11(4-5-12(10)14)13(15-2)9-17-7-6-16-3/h4-5,8,13,15H,6-7,9H2,1-3H3. The van der Waals surface area contributed by atoms with Crippen LogP contribution in [0.2, 0.25) is 0 Å². The molecule has 1 aromatic rings. The number of hydrogen-bond donors (Lipinski definition) is 1. The molecule has 1 rings (SSSR count). The number of hydrogen-bond acceptors (Lipinski definition) is 3. The van der Waals surface area contributed by atoms with Crippen LogP contribution in [0, 0.1) is 12.7 Å². The van der Waals surface area contributed by atoms with Gasteiger partial charge in [0.2, 0.25) is 0 Å². The number of likely N-dealkylation sites (N-methyl/N-ethyl adjacent to an activating group) is 1. The first-order valence-corrected chi connectivity index (χ1v) is 5.69. The molecule has 0 spiro atoms. The van der Waals surface area contributed by atoms with Gasteiger partial charge in [-0.25, -0.2) is 4.39 Å². The maximum atomic E-state index is 13.2. The fourth-order valence-electron chi connectivity index (χ4n) is 1.57. The topological polar surface area (TPSA) is 30.5 Å². The van der Waals surface area contributed by atoms with Crippen molar-refractivity contribution >= 4 is 0 Å². The molecule has 0 heterocycles. The normalized spacial score (nSPS) is 12.7. The summed E-state index contributed by atoms with van der Waals surface area (Å²) in [4.78, 5) is 0. The second-order valence-corrected chi connectivity index (χ2v) is 3.92. The third-order valence-electron chi connectivity index (χ3n) is 2.65. The number of nitrogens with one attached hydrogen (secondary N) is 1. The Labute approximate surface area is 102 Å². The zero-order valence-corrected chi connectivity index (χ0v) is 10.6. The van der Waals surface area contributed by atoms with E-state index in [0.717, 1.165) is 5.56 Å². The van der Waals surface area contributed by atoms with E-state index in [1.165, 1.54) is 6.07 Å². The average molecular weight is 241 g/mol. The SMILES string of the molecule is CNC(COCCOC)c1ccc(F)c(C)c1. The quantitative estimate of drug-likeness (QED) is 0.741. The molecule has 0 radical (unpaired) electrons. The van der Waals surface area contributed by atoms with Crippen molar-refractivity contribution in [2.75, 3.05) is 34.0 Å². The summed E-state index contributed by atoms with van der Waals surface area (Å²) in [5, 5.41) is 3.15. The van der Waals surface area contributed by atoms with E-state index in [1.807, 2.05) is 13.1 Å². The molecular formula is C13H20FNO2. The van der Waals surface area contributed by atoms with Crippen LogP contribution >= 0.6 is 0 Å². The summed E-state index contributed by atoms with van der Waals surface area (Å²) in [6.07, 6.45) is 0. The van der Waals surface area contributed by atoms with Crippen molar-refractivity contribution in [3.63, 3.8) is 0 Å². The summed E-state index contributed by atoms with van der Waals surface area (Å²) >= 11 is 0. The highest BCUT2D eigenvalue weighted by atomic mass is 19.1. The van der Waals surface area contributed by atoms with E-state index < -0.39 is 0 Å². The molecule has 0 aromatic heterocycles. The smallest absolute Gasteiger partial charge is 0.126 e. The lowest BCUT2D eigenvalue weighted by Gasteiger charge is -2.17. The molecule has 96 valence electrons. The monoisotopic (exact) mass is 241 g/mol. The van der Waals surface area contributed by atoms with E-state index in [1.54, 1.807) is 20.1 Å². The summed E-state index contributed by atoms with van der Waals surface area (Å²) in [6, 6.07) is 5.19. The Hall–Kier alpha value is -0.970. The Balaban J connectivity index is 2.56. The number of benzene rings is 1. The summed E-state index contributed by atoms with van der Waals surface area (Å²) in [5.41, 5.74) is 1.68. The van der Waals surface area contributed by atoms with Crippen LogP contribution in [0.1, 0.15) is 17.2 Å². The largest absolute Gasteiger partial charge is 0.382 e. The lowest BCUT2D eigenvalue weighted by atomic mass is 10.0. The molecule has 0 saturated carbocycles. The molecule has 0 saturated heterocycles. The molecule has 1 aromatic carbocycles. The first-order chi connectivity index (χ1) is 8.19. The molecule has 1 N–H and O–H groups in total. The zero-order valence-electron chi connectivity index (χ0n) is 10.6. The molecule has 0 amide bonds. The van der Waals surface area contributed by atoms with Gasteiger partial charge in [0, 0.05) is 7.11 Å². The zero-order chi connectivity index (χ0) is 12.7. The predicted molar refractivity (Wildman–Crippen MR) is 65.6 cm³/mol. The van der Waals surface area contributed by atoms with E-state index in [9.17, 15) is 4.39 Å². The van der Waals surface area contributed by atoms with Crippen LogP contribution in [0.4, 0.5) is 4.39 Å². The minimum Gasteiger partial charge on any atom is -0.382 e. The number of ether oxygens (including phenoxy) is 2. The lowest BCUT2D eigenvalue weighted by Crippen LogP contribution is -2.22. The number of methoxy groups -OCH3 is 1. The maximum Gasteiger partial charge on any atom is 0.126 e. The van der Waals surface area contributed by atoms with Crippen molar-refractivity contribution in [3.05, 3.63) is 35.1 Å². The van der Waals surface area contributed by atoms with Crippen molar-refractivity contribution in [3.8, 4) is 0 Å². The molecule has 1 unspecified atom stereocenters. The van der Waals surface area contributed by atoms with Crippen molar-refractivity contribution in [2.45, 2.75) is 13.0 Å². The van der Waals surface area contributed by atoms with Gasteiger partial charge in [0.1, 0.15) is 5.82 Å². The van der Waals surface area contributed by atoms with E-state index >= 15 is 0 Å². The minimum atomic E-state index is -0.177. The van der Waals surface area contributed by atoms with Crippen LogP contribution in [0.3, 0.4) is 0 Å². The van der Waals surface area contributed by atoms with Gasteiger partial charge in [0.05, 0.1) is 25.9 Å². The van der Waals surface area contributed by atoms with Crippen LogP contribution < -0.4 is 5.32 Å². The Morgan fingerprint density at radius 1 is 1.35 bits per heavy atom. The molecule has 3 nitrogen and oxygen atoms in total. The molecule has 0 aliphatic heterocycles. The van der Waals surface area contributed by atoms with Crippen LogP contribution in [0.5, 0.6) is 0 Å². The fraction of sp³-hybridized carbons (Fsp3) is 0.538. The van der Waals surface area contributed by atoms with E-state index in [2.05, 4.69) is 5.32 Å². The van der Waals surface area contributed by atoms with Gasteiger partial charge < -0.3 is 14.8 Å². The number of rotatable bonds is 7. The van der Waals surface area contributed by atoms with E-state index in [-0.39, 0.29) is 11.9 Å². The Kier molecular flexibility index (Phi) is 6.11. The van der Waals surface area contributed by atoms with Crippen LogP contribution in [-0.4, -0.2) is 34.0 Å². The third-order valence-corrected chi connectivity index (χ3v) is 2.65. The molecule has 1 atom stereocenters. The highest BCUT2D eigenvalue weighted by molar-refractivity contribution is 5.26. The summed E-state index contributed by atoms with van der Waals surface area (Å²) in [5.74, 6) is -0.177. The van der Waals surface area contributed by atoms with Gasteiger partial charge in [-0.2, -0.15) is 0 Å². The van der Waals surface area contributed by atoms with E-state index in [4.69, 9.17) is 9.47 Å². The summed E-state index contributed by atoms with van der Waals surface area (Å²) in [7, 11) is 3.51. The van der Waals surface area contributed by atoms with Crippen LogP contribution in [0.25, 0.3) is 0 Å².